The fourth-order valence-corrected chi connectivity index (χ4v) is 5.03. The van der Waals surface area contributed by atoms with Crippen molar-refractivity contribution in [2.24, 2.45) is 0 Å². The molecule has 8 nitrogen and oxygen atoms in total. The minimum absolute atomic E-state index is 0.150. The van der Waals surface area contributed by atoms with E-state index in [2.05, 4.69) is 21.1 Å². The molecule has 1 saturated heterocycles. The predicted molar refractivity (Wildman–Crippen MR) is 98.3 cm³/mol. The average molecular weight is 409 g/mol. The summed E-state index contributed by atoms with van der Waals surface area (Å²) in [5.74, 6) is 0. The van der Waals surface area contributed by atoms with Gasteiger partial charge in [-0.25, -0.2) is 18.4 Å². The lowest BCUT2D eigenvalue weighted by atomic mass is 9.89. The molecule has 1 fully saturated rings. The Bertz CT molecular complexity index is 1140. The van der Waals surface area contributed by atoms with E-state index >= 15 is 0 Å². The molecule has 11 heteroatoms. The Balaban J connectivity index is 1.73. The maximum absolute atomic E-state index is 11.7. The smallest absolute Gasteiger partial charge is 0.223 e. The molecule has 4 heterocycles. The van der Waals surface area contributed by atoms with Gasteiger partial charge in [0.25, 0.3) is 0 Å². The molecule has 0 bridgehead atoms. The second-order valence-corrected chi connectivity index (χ2v) is 9.48. The van der Waals surface area contributed by atoms with E-state index in [0.717, 1.165) is 22.0 Å². The summed E-state index contributed by atoms with van der Waals surface area (Å²) in [6.07, 6.45) is 4.77. The molecule has 0 aromatic carbocycles. The molecule has 4 rings (SSSR count). The molecule has 0 radical (unpaired) electrons. The van der Waals surface area contributed by atoms with Crippen molar-refractivity contribution in [3.8, 4) is 17.3 Å². The Morgan fingerprint density at radius 1 is 1.42 bits per heavy atom. The van der Waals surface area contributed by atoms with Crippen molar-refractivity contribution in [1.82, 2.24) is 24.1 Å². The number of thiophene rings is 1. The van der Waals surface area contributed by atoms with Crippen LogP contribution in [0.15, 0.2) is 23.8 Å². The molecule has 0 saturated carbocycles. The van der Waals surface area contributed by atoms with Gasteiger partial charge in [-0.3, -0.25) is 4.68 Å². The quantitative estimate of drug-likeness (QED) is 0.612. The number of hydrogen-bond donors (Lipinski definition) is 0. The zero-order valence-corrected chi connectivity index (χ0v) is 16.0. The first-order chi connectivity index (χ1) is 12.3. The van der Waals surface area contributed by atoms with Crippen molar-refractivity contribution < 1.29 is 8.42 Å². The molecular formula is C15H13ClN6O2S2. The van der Waals surface area contributed by atoms with Crippen LogP contribution in [0.25, 0.3) is 21.5 Å². The first-order valence-corrected chi connectivity index (χ1v) is 10.7. The number of rotatable bonds is 4. The molecule has 0 spiro atoms. The van der Waals surface area contributed by atoms with Gasteiger partial charge < -0.3 is 0 Å². The van der Waals surface area contributed by atoms with Crippen molar-refractivity contribution in [2.75, 3.05) is 19.3 Å². The number of fused-ring (bicyclic) bond motifs is 1. The maximum Gasteiger partial charge on any atom is 0.223 e. The van der Waals surface area contributed by atoms with E-state index in [4.69, 9.17) is 11.6 Å². The van der Waals surface area contributed by atoms with E-state index in [1.165, 1.54) is 15.6 Å². The van der Waals surface area contributed by atoms with E-state index in [1.807, 2.05) is 11.4 Å². The van der Waals surface area contributed by atoms with Crippen LogP contribution in [-0.2, 0) is 15.6 Å². The van der Waals surface area contributed by atoms with Crippen molar-refractivity contribution in [3.05, 3.63) is 29.1 Å². The lowest BCUT2D eigenvalue weighted by molar-refractivity contribution is 0.0724. The molecule has 3 aromatic rings. The van der Waals surface area contributed by atoms with Gasteiger partial charge in [0.1, 0.15) is 5.54 Å². The summed E-state index contributed by atoms with van der Waals surface area (Å²) >= 11 is 7.53. The number of aromatic nitrogens is 4. The summed E-state index contributed by atoms with van der Waals surface area (Å²) in [5.41, 5.74) is 1.52. The lowest BCUT2D eigenvalue weighted by Gasteiger charge is -2.47. The highest BCUT2D eigenvalue weighted by Gasteiger charge is 2.49. The zero-order chi connectivity index (χ0) is 18.5. The Morgan fingerprint density at radius 3 is 2.88 bits per heavy atom. The van der Waals surface area contributed by atoms with Crippen molar-refractivity contribution in [3.63, 3.8) is 0 Å². The van der Waals surface area contributed by atoms with Gasteiger partial charge in [0.15, 0.2) is 0 Å². The van der Waals surface area contributed by atoms with Crippen molar-refractivity contribution >= 4 is 43.2 Å². The number of nitriles is 1. The van der Waals surface area contributed by atoms with E-state index in [-0.39, 0.29) is 24.8 Å². The van der Waals surface area contributed by atoms with Crippen LogP contribution in [0.5, 0.6) is 0 Å². The molecule has 26 heavy (non-hydrogen) atoms. The molecule has 0 unspecified atom stereocenters. The van der Waals surface area contributed by atoms with Crippen LogP contribution in [-0.4, -0.2) is 51.8 Å². The van der Waals surface area contributed by atoms with Crippen molar-refractivity contribution in [1.29, 1.82) is 5.26 Å². The van der Waals surface area contributed by atoms with Gasteiger partial charge in [-0.15, -0.1) is 11.3 Å². The first kappa shape index (κ1) is 17.4. The van der Waals surface area contributed by atoms with Gasteiger partial charge in [-0.05, 0) is 23.0 Å². The predicted octanol–water partition coefficient (Wildman–Crippen LogP) is 2.09. The Hall–Kier alpha value is -2.06. The third-order valence-electron chi connectivity index (χ3n) is 4.44. The maximum atomic E-state index is 11.7. The summed E-state index contributed by atoms with van der Waals surface area (Å²) in [6.45, 7) is 0.443. The standard InChI is InChI=1S/C15H13ClN6O2S2/c1-26(23,24)21-8-15(9-21,3-4-17)22-7-10(6-18-22)12-13-11(2-5-25-13)19-14(16)20-12/h2,5-7H,3,8-9H2,1H3. The van der Waals surface area contributed by atoms with Crippen LogP contribution in [0.4, 0.5) is 0 Å². The summed E-state index contributed by atoms with van der Waals surface area (Å²) in [6, 6.07) is 4.01. The Kier molecular flexibility index (Phi) is 4.00. The Morgan fingerprint density at radius 2 is 2.19 bits per heavy atom. The number of hydrogen-bond acceptors (Lipinski definition) is 7. The fourth-order valence-electron chi connectivity index (χ4n) is 3.06. The zero-order valence-electron chi connectivity index (χ0n) is 13.6. The van der Waals surface area contributed by atoms with Crippen LogP contribution in [0.1, 0.15) is 6.42 Å². The van der Waals surface area contributed by atoms with Crippen molar-refractivity contribution in [2.45, 2.75) is 12.0 Å². The monoisotopic (exact) mass is 408 g/mol. The van der Waals surface area contributed by atoms with Gasteiger partial charge >= 0.3 is 0 Å². The first-order valence-electron chi connectivity index (χ1n) is 7.61. The minimum atomic E-state index is -3.29. The van der Waals surface area contributed by atoms with Gasteiger partial charge in [0.05, 0.1) is 40.9 Å². The van der Waals surface area contributed by atoms with Gasteiger partial charge in [0, 0.05) is 24.8 Å². The molecule has 134 valence electrons. The largest absolute Gasteiger partial charge is 0.262 e. The normalized spacial score (nSPS) is 17.1. The third kappa shape index (κ3) is 2.77. The number of sulfonamides is 1. The summed E-state index contributed by atoms with van der Waals surface area (Å²) in [5, 5.41) is 15.6. The molecule has 3 aromatic heterocycles. The Labute approximate surface area is 158 Å². The molecule has 0 aliphatic carbocycles. The second kappa shape index (κ2) is 5.99. The summed E-state index contributed by atoms with van der Waals surface area (Å²) < 4.78 is 27.3. The third-order valence-corrected chi connectivity index (χ3v) is 6.71. The van der Waals surface area contributed by atoms with Crippen LogP contribution in [0, 0.1) is 11.3 Å². The van der Waals surface area contributed by atoms with Crippen LogP contribution in [0.2, 0.25) is 5.28 Å². The van der Waals surface area contributed by atoms with Gasteiger partial charge in [-0.1, -0.05) is 0 Å². The lowest BCUT2D eigenvalue weighted by Crippen LogP contribution is -2.63. The van der Waals surface area contributed by atoms with E-state index in [9.17, 15) is 13.7 Å². The average Bonchev–Trinajstić information content (AvgIpc) is 3.17. The molecule has 1 aliphatic heterocycles. The number of halogens is 1. The SMILES string of the molecule is CS(=O)(=O)N1CC(CC#N)(n2cc(-c3nc(Cl)nc4ccsc34)cn2)C1. The molecule has 0 N–H and O–H groups in total. The fraction of sp³-hybridized carbons (Fsp3) is 0.333. The summed E-state index contributed by atoms with van der Waals surface area (Å²) in [4.78, 5) is 8.52. The second-order valence-electron chi connectivity index (χ2n) is 6.24. The van der Waals surface area contributed by atoms with E-state index < -0.39 is 15.6 Å². The highest BCUT2D eigenvalue weighted by molar-refractivity contribution is 7.88. The molecule has 0 amide bonds. The highest BCUT2D eigenvalue weighted by atomic mass is 35.5. The van der Waals surface area contributed by atoms with Crippen LogP contribution < -0.4 is 0 Å². The summed E-state index contributed by atoms with van der Waals surface area (Å²) in [7, 11) is -3.29. The van der Waals surface area contributed by atoms with Crippen LogP contribution >= 0.6 is 22.9 Å². The van der Waals surface area contributed by atoms with E-state index in [1.54, 1.807) is 17.1 Å². The minimum Gasteiger partial charge on any atom is -0.262 e. The van der Waals surface area contributed by atoms with Gasteiger partial charge in [0.2, 0.25) is 15.3 Å². The van der Waals surface area contributed by atoms with E-state index in [0.29, 0.717) is 5.69 Å². The highest BCUT2D eigenvalue weighted by Crippen LogP contribution is 2.36. The van der Waals surface area contributed by atoms with Crippen LogP contribution in [0.3, 0.4) is 0 Å². The molecule has 0 atom stereocenters. The van der Waals surface area contributed by atoms with Gasteiger partial charge in [-0.2, -0.15) is 14.7 Å². The number of nitrogens with zero attached hydrogens (tertiary/aromatic N) is 6. The topological polar surface area (TPSA) is 105 Å². The molecular weight excluding hydrogens is 396 g/mol. The molecule has 1 aliphatic rings.